The zero-order valence-electron chi connectivity index (χ0n) is 19.3. The fourth-order valence-electron chi connectivity index (χ4n) is 3.72. The van der Waals surface area contributed by atoms with Gasteiger partial charge in [-0.15, -0.1) is 13.2 Å². The second kappa shape index (κ2) is 9.91. The standard InChI is InChI=1S/C24H27BrF3NO4S/c1-16(2)13-29(14-17-5-7-20-18(11-17)9-10-23(3,4)32-20)15-34(30,31)22-8-6-19(25)12-21(22)33-24(26,27)28/h5-12,16H,13-15H2,1-4H3. The fourth-order valence-corrected chi connectivity index (χ4v) is 5.56. The summed E-state index contributed by atoms with van der Waals surface area (Å²) in [6, 6.07) is 9.15. The summed E-state index contributed by atoms with van der Waals surface area (Å²) < 4.78 is 75.3. The van der Waals surface area contributed by atoms with E-state index < -0.39 is 38.3 Å². The van der Waals surface area contributed by atoms with E-state index in [1.807, 2.05) is 58.0 Å². The number of alkyl halides is 3. The van der Waals surface area contributed by atoms with Crippen molar-refractivity contribution >= 4 is 31.8 Å². The molecule has 3 rings (SSSR count). The summed E-state index contributed by atoms with van der Waals surface area (Å²) in [5.41, 5.74) is 1.34. The van der Waals surface area contributed by atoms with Gasteiger partial charge in [0.15, 0.2) is 9.84 Å². The van der Waals surface area contributed by atoms with E-state index in [-0.39, 0.29) is 10.4 Å². The molecular formula is C24H27BrF3NO4S. The third-order valence-corrected chi connectivity index (χ3v) is 7.17. The minimum atomic E-state index is -5.02. The van der Waals surface area contributed by atoms with Crippen molar-refractivity contribution in [2.45, 2.75) is 51.1 Å². The molecule has 34 heavy (non-hydrogen) atoms. The van der Waals surface area contributed by atoms with Crippen LogP contribution < -0.4 is 9.47 Å². The number of sulfone groups is 1. The highest BCUT2D eigenvalue weighted by atomic mass is 79.9. The third-order valence-electron chi connectivity index (χ3n) is 4.96. The van der Waals surface area contributed by atoms with E-state index in [9.17, 15) is 21.6 Å². The number of rotatable bonds is 8. The maximum absolute atomic E-state index is 13.2. The number of halogens is 4. The molecule has 0 bridgehead atoms. The Morgan fingerprint density at radius 1 is 1.15 bits per heavy atom. The average molecular weight is 562 g/mol. The Morgan fingerprint density at radius 3 is 2.50 bits per heavy atom. The molecule has 0 N–H and O–H groups in total. The minimum absolute atomic E-state index is 0.132. The predicted molar refractivity (Wildman–Crippen MR) is 128 cm³/mol. The summed E-state index contributed by atoms with van der Waals surface area (Å²) in [6.45, 7) is 8.53. The monoisotopic (exact) mass is 561 g/mol. The molecule has 1 aliphatic rings. The molecule has 0 unspecified atom stereocenters. The number of benzene rings is 2. The Morgan fingerprint density at radius 2 is 1.85 bits per heavy atom. The molecule has 0 atom stereocenters. The van der Waals surface area contributed by atoms with E-state index in [0.717, 1.165) is 29.0 Å². The van der Waals surface area contributed by atoms with Crippen LogP contribution in [-0.4, -0.2) is 37.7 Å². The van der Waals surface area contributed by atoms with Crippen molar-refractivity contribution in [1.82, 2.24) is 4.90 Å². The van der Waals surface area contributed by atoms with Crippen molar-refractivity contribution in [3.63, 3.8) is 0 Å². The van der Waals surface area contributed by atoms with Gasteiger partial charge in [-0.2, -0.15) is 0 Å². The van der Waals surface area contributed by atoms with Crippen molar-refractivity contribution in [1.29, 1.82) is 0 Å². The SMILES string of the molecule is CC(C)CN(Cc1ccc2c(c1)C=CC(C)(C)O2)CS(=O)(=O)c1ccc(Br)cc1OC(F)(F)F. The summed E-state index contributed by atoms with van der Waals surface area (Å²) >= 11 is 3.07. The van der Waals surface area contributed by atoms with Crippen LogP contribution in [0.15, 0.2) is 51.8 Å². The Hall–Kier alpha value is -2.04. The van der Waals surface area contributed by atoms with Crippen LogP contribution in [0.25, 0.3) is 6.08 Å². The highest BCUT2D eigenvalue weighted by Crippen LogP contribution is 2.34. The molecule has 2 aromatic rings. The van der Waals surface area contributed by atoms with Crippen molar-refractivity contribution in [2.24, 2.45) is 5.92 Å². The van der Waals surface area contributed by atoms with E-state index in [4.69, 9.17) is 4.74 Å². The first-order chi connectivity index (χ1) is 15.6. The van der Waals surface area contributed by atoms with Crippen LogP contribution in [0.4, 0.5) is 13.2 Å². The van der Waals surface area contributed by atoms with Crippen LogP contribution in [0.3, 0.4) is 0 Å². The summed E-state index contributed by atoms with van der Waals surface area (Å²) in [4.78, 5) is 1.20. The van der Waals surface area contributed by atoms with Gasteiger partial charge in [-0.05, 0) is 61.7 Å². The number of hydrogen-bond acceptors (Lipinski definition) is 5. The van der Waals surface area contributed by atoms with Gasteiger partial charge >= 0.3 is 6.36 Å². The van der Waals surface area contributed by atoms with E-state index >= 15 is 0 Å². The van der Waals surface area contributed by atoms with Crippen LogP contribution >= 0.6 is 15.9 Å². The summed E-state index contributed by atoms with van der Waals surface area (Å²) in [7, 11) is -4.14. The van der Waals surface area contributed by atoms with Crippen molar-refractivity contribution in [2.75, 3.05) is 12.4 Å². The topological polar surface area (TPSA) is 55.8 Å². The van der Waals surface area contributed by atoms with Crippen LogP contribution in [0.1, 0.15) is 38.8 Å². The Kier molecular flexibility index (Phi) is 7.74. The summed E-state index contributed by atoms with van der Waals surface area (Å²) in [6.07, 6.45) is -1.10. The van der Waals surface area contributed by atoms with Crippen LogP contribution in [0, 0.1) is 5.92 Å². The first-order valence-electron chi connectivity index (χ1n) is 10.7. The molecule has 0 saturated heterocycles. The minimum Gasteiger partial charge on any atom is -0.483 e. The molecule has 0 spiro atoms. The fraction of sp³-hybridized carbons (Fsp3) is 0.417. The predicted octanol–water partition coefficient (Wildman–Crippen LogP) is 6.42. The Bertz CT molecular complexity index is 1180. The average Bonchev–Trinajstić information content (AvgIpc) is 2.65. The van der Waals surface area contributed by atoms with Gasteiger partial charge in [-0.25, -0.2) is 8.42 Å². The summed E-state index contributed by atoms with van der Waals surface area (Å²) in [5, 5.41) is 0. The molecule has 0 amide bonds. The lowest BCUT2D eigenvalue weighted by atomic mass is 10.0. The molecule has 0 aliphatic carbocycles. The van der Waals surface area contributed by atoms with Crippen LogP contribution in [-0.2, 0) is 16.4 Å². The largest absolute Gasteiger partial charge is 0.573 e. The van der Waals surface area contributed by atoms with Gasteiger partial charge in [0.1, 0.15) is 27.9 Å². The molecular weight excluding hydrogens is 535 g/mol. The smallest absolute Gasteiger partial charge is 0.483 e. The lowest BCUT2D eigenvalue weighted by Crippen LogP contribution is -2.33. The van der Waals surface area contributed by atoms with Gasteiger partial charge in [0.2, 0.25) is 0 Å². The van der Waals surface area contributed by atoms with Crippen LogP contribution in [0.2, 0.25) is 0 Å². The van der Waals surface area contributed by atoms with E-state index in [0.29, 0.717) is 13.1 Å². The normalized spacial score (nSPS) is 15.4. The second-order valence-corrected chi connectivity index (χ2v) is 12.0. The second-order valence-electron chi connectivity index (χ2n) is 9.20. The molecule has 0 fully saturated rings. The quantitative estimate of drug-likeness (QED) is 0.372. The lowest BCUT2D eigenvalue weighted by molar-refractivity contribution is -0.275. The van der Waals surface area contributed by atoms with Crippen LogP contribution in [0.5, 0.6) is 11.5 Å². The first-order valence-corrected chi connectivity index (χ1v) is 13.1. The first kappa shape index (κ1) is 26.6. The van der Waals surface area contributed by atoms with Crippen molar-refractivity contribution in [3.05, 3.63) is 58.1 Å². The van der Waals surface area contributed by atoms with E-state index in [1.54, 1.807) is 4.90 Å². The van der Waals surface area contributed by atoms with E-state index in [1.165, 1.54) is 6.07 Å². The molecule has 10 heteroatoms. The zero-order valence-corrected chi connectivity index (χ0v) is 21.7. The van der Waals surface area contributed by atoms with Gasteiger partial charge in [0, 0.05) is 23.1 Å². The molecule has 0 saturated carbocycles. The molecule has 0 aromatic heterocycles. The number of ether oxygens (including phenoxy) is 2. The van der Waals surface area contributed by atoms with E-state index in [2.05, 4.69) is 20.7 Å². The Labute approximate surface area is 206 Å². The van der Waals surface area contributed by atoms with Gasteiger partial charge < -0.3 is 9.47 Å². The molecule has 5 nitrogen and oxygen atoms in total. The van der Waals surface area contributed by atoms with Crippen molar-refractivity contribution in [3.8, 4) is 11.5 Å². The zero-order chi connectivity index (χ0) is 25.3. The highest BCUT2D eigenvalue weighted by Gasteiger charge is 2.35. The number of fused-ring (bicyclic) bond motifs is 1. The van der Waals surface area contributed by atoms with Gasteiger partial charge in [0.25, 0.3) is 0 Å². The Balaban J connectivity index is 1.87. The molecule has 0 radical (unpaired) electrons. The molecule has 2 aromatic carbocycles. The summed E-state index contributed by atoms with van der Waals surface area (Å²) in [5.74, 6) is -0.349. The number of nitrogens with zero attached hydrogens (tertiary/aromatic N) is 1. The third kappa shape index (κ3) is 7.23. The van der Waals surface area contributed by atoms with Gasteiger partial charge in [0.05, 0.1) is 0 Å². The number of hydrogen-bond donors (Lipinski definition) is 0. The highest BCUT2D eigenvalue weighted by molar-refractivity contribution is 9.10. The molecule has 1 aliphatic heterocycles. The van der Waals surface area contributed by atoms with Gasteiger partial charge in [-0.1, -0.05) is 41.9 Å². The molecule has 1 heterocycles. The molecule has 186 valence electrons. The van der Waals surface area contributed by atoms with Gasteiger partial charge in [-0.3, -0.25) is 4.90 Å². The maximum Gasteiger partial charge on any atom is 0.573 e. The lowest BCUT2D eigenvalue weighted by Gasteiger charge is -2.29. The maximum atomic E-state index is 13.2. The van der Waals surface area contributed by atoms with Crippen molar-refractivity contribution < 1.29 is 31.1 Å².